The van der Waals surface area contributed by atoms with E-state index >= 15 is 0 Å². The van der Waals surface area contributed by atoms with Crippen LogP contribution in [0.2, 0.25) is 0 Å². The highest BCUT2D eigenvalue weighted by molar-refractivity contribution is 5.93. The monoisotopic (exact) mass is 378 g/mol. The zero-order chi connectivity index (χ0) is 19.8. The number of azide groups is 1. The summed E-state index contributed by atoms with van der Waals surface area (Å²) in [6.07, 6.45) is 1.00. The molecule has 0 saturated carbocycles. The molecule has 1 unspecified atom stereocenters. The maximum absolute atomic E-state index is 12.7. The van der Waals surface area contributed by atoms with E-state index < -0.39 is 6.09 Å². The Hall–Kier alpha value is -3.31. The minimum absolute atomic E-state index is 0.122. The molecule has 28 heavy (non-hydrogen) atoms. The third-order valence-corrected chi connectivity index (χ3v) is 4.76. The lowest BCUT2D eigenvalue weighted by atomic mass is 10.0. The third-order valence-electron chi connectivity index (χ3n) is 4.76. The van der Waals surface area contributed by atoms with Crippen LogP contribution in [0.25, 0.3) is 10.4 Å². The number of benzene rings is 2. The lowest BCUT2D eigenvalue weighted by Gasteiger charge is -2.20. The molecule has 2 amide bonds. The van der Waals surface area contributed by atoms with Crippen LogP contribution in [0, 0.1) is 0 Å². The van der Waals surface area contributed by atoms with E-state index in [0.717, 1.165) is 11.1 Å². The van der Waals surface area contributed by atoms with Gasteiger partial charge in [-0.1, -0.05) is 65.8 Å². The van der Waals surface area contributed by atoms with Gasteiger partial charge in [0.2, 0.25) is 5.91 Å². The summed E-state index contributed by atoms with van der Waals surface area (Å²) in [5, 5.41) is 3.82. The summed E-state index contributed by atoms with van der Waals surface area (Å²) >= 11 is 0. The van der Waals surface area contributed by atoms with Crippen LogP contribution in [0.15, 0.2) is 65.8 Å². The van der Waals surface area contributed by atoms with Crippen LogP contribution in [-0.4, -0.2) is 35.6 Å². The predicted octanol–water partition coefficient (Wildman–Crippen LogP) is 4.28. The highest BCUT2D eigenvalue weighted by Crippen LogP contribution is 2.20. The second kappa shape index (κ2) is 9.58. The summed E-state index contributed by atoms with van der Waals surface area (Å²) in [5.41, 5.74) is 10.9. The van der Waals surface area contributed by atoms with Crippen molar-refractivity contribution in [2.45, 2.75) is 37.8 Å². The molecule has 0 N–H and O–H groups in total. The van der Waals surface area contributed by atoms with E-state index in [9.17, 15) is 9.59 Å². The first-order valence-corrected chi connectivity index (χ1v) is 9.28. The second-order valence-corrected chi connectivity index (χ2v) is 6.77. The van der Waals surface area contributed by atoms with E-state index in [1.54, 1.807) is 0 Å². The SMILES string of the molecule is [N-]=[N+]=NC(CCC(=O)N1C(=O)OC[C@H]1Cc1ccccc1)Cc1ccccc1. The number of nitrogens with zero attached hydrogens (tertiary/aromatic N) is 4. The Balaban J connectivity index is 1.61. The van der Waals surface area contributed by atoms with Gasteiger partial charge in [0, 0.05) is 17.4 Å². The molecule has 1 aliphatic rings. The molecule has 1 aliphatic heterocycles. The normalized spacial score (nSPS) is 16.9. The van der Waals surface area contributed by atoms with Gasteiger partial charge >= 0.3 is 6.09 Å². The highest BCUT2D eigenvalue weighted by atomic mass is 16.6. The summed E-state index contributed by atoms with van der Waals surface area (Å²) in [7, 11) is 0. The van der Waals surface area contributed by atoms with Gasteiger partial charge in [-0.2, -0.15) is 0 Å². The Morgan fingerprint density at radius 2 is 1.79 bits per heavy atom. The highest BCUT2D eigenvalue weighted by Gasteiger charge is 2.37. The Kier molecular flexibility index (Phi) is 6.65. The van der Waals surface area contributed by atoms with Crippen LogP contribution in [-0.2, 0) is 22.4 Å². The summed E-state index contributed by atoms with van der Waals surface area (Å²) in [6.45, 7) is 0.198. The molecule has 2 aromatic carbocycles. The first-order valence-electron chi connectivity index (χ1n) is 9.28. The molecule has 1 heterocycles. The average molecular weight is 378 g/mol. The Bertz CT molecular complexity index is 850. The molecule has 0 radical (unpaired) electrons. The Labute approximate surface area is 163 Å². The van der Waals surface area contributed by atoms with Gasteiger partial charge < -0.3 is 4.74 Å². The van der Waals surface area contributed by atoms with Crippen molar-refractivity contribution in [3.8, 4) is 0 Å². The molecule has 1 fully saturated rings. The maximum Gasteiger partial charge on any atom is 0.416 e. The quantitative estimate of drug-likeness (QED) is 0.390. The fourth-order valence-corrected chi connectivity index (χ4v) is 3.37. The summed E-state index contributed by atoms with van der Waals surface area (Å²) in [5.74, 6) is -0.297. The van der Waals surface area contributed by atoms with Crippen LogP contribution in [0.4, 0.5) is 4.79 Å². The predicted molar refractivity (Wildman–Crippen MR) is 104 cm³/mol. The van der Waals surface area contributed by atoms with Crippen molar-refractivity contribution in [1.29, 1.82) is 0 Å². The molecule has 1 saturated heterocycles. The van der Waals surface area contributed by atoms with Gasteiger partial charge in [0.15, 0.2) is 0 Å². The van der Waals surface area contributed by atoms with Crippen molar-refractivity contribution in [3.63, 3.8) is 0 Å². The first kappa shape index (κ1) is 19.5. The topological polar surface area (TPSA) is 95.4 Å². The molecular weight excluding hydrogens is 356 g/mol. The van der Waals surface area contributed by atoms with E-state index in [2.05, 4.69) is 10.0 Å². The van der Waals surface area contributed by atoms with Gasteiger partial charge in [-0.3, -0.25) is 4.79 Å². The largest absolute Gasteiger partial charge is 0.447 e. The maximum atomic E-state index is 12.7. The van der Waals surface area contributed by atoms with Gasteiger partial charge in [0.1, 0.15) is 6.61 Å². The Morgan fingerprint density at radius 1 is 1.14 bits per heavy atom. The number of hydrogen-bond donors (Lipinski definition) is 0. The second-order valence-electron chi connectivity index (χ2n) is 6.77. The van der Waals surface area contributed by atoms with Crippen LogP contribution < -0.4 is 0 Å². The van der Waals surface area contributed by atoms with E-state index in [4.69, 9.17) is 10.3 Å². The molecule has 3 rings (SSSR count). The number of carbonyl (C=O) groups is 2. The molecule has 2 atom stereocenters. The third kappa shape index (κ3) is 5.11. The Morgan fingerprint density at radius 3 is 2.43 bits per heavy atom. The zero-order valence-corrected chi connectivity index (χ0v) is 15.5. The van der Waals surface area contributed by atoms with Crippen molar-refractivity contribution in [3.05, 3.63) is 82.2 Å². The minimum atomic E-state index is -0.602. The summed E-state index contributed by atoms with van der Waals surface area (Å²) in [4.78, 5) is 28.9. The van der Waals surface area contributed by atoms with Crippen molar-refractivity contribution in [2.75, 3.05) is 6.61 Å². The van der Waals surface area contributed by atoms with Crippen LogP contribution in [0.5, 0.6) is 0 Å². The fraction of sp³-hybridized carbons (Fsp3) is 0.333. The average Bonchev–Trinajstić information content (AvgIpc) is 3.08. The smallest absolute Gasteiger partial charge is 0.416 e. The lowest BCUT2D eigenvalue weighted by Crippen LogP contribution is -2.40. The van der Waals surface area contributed by atoms with Crippen molar-refractivity contribution < 1.29 is 14.3 Å². The molecule has 0 spiro atoms. The number of carbonyl (C=O) groups excluding carboxylic acids is 2. The number of hydrogen-bond acceptors (Lipinski definition) is 4. The first-order chi connectivity index (χ1) is 13.7. The van der Waals surface area contributed by atoms with Crippen molar-refractivity contribution in [2.24, 2.45) is 5.11 Å². The van der Waals surface area contributed by atoms with Crippen LogP contribution >= 0.6 is 0 Å². The van der Waals surface area contributed by atoms with E-state index in [1.165, 1.54) is 4.90 Å². The van der Waals surface area contributed by atoms with Crippen LogP contribution in [0.1, 0.15) is 24.0 Å². The van der Waals surface area contributed by atoms with Gasteiger partial charge in [-0.05, 0) is 35.9 Å². The fourth-order valence-electron chi connectivity index (χ4n) is 3.37. The number of rotatable bonds is 8. The minimum Gasteiger partial charge on any atom is -0.447 e. The van der Waals surface area contributed by atoms with Crippen molar-refractivity contribution >= 4 is 12.0 Å². The molecule has 2 aromatic rings. The number of ether oxygens (including phenoxy) is 1. The number of imide groups is 1. The van der Waals surface area contributed by atoms with E-state index in [0.29, 0.717) is 19.3 Å². The van der Waals surface area contributed by atoms with Crippen LogP contribution in [0.3, 0.4) is 0 Å². The number of amides is 2. The van der Waals surface area contributed by atoms with Gasteiger partial charge in [-0.25, -0.2) is 9.69 Å². The molecule has 7 nitrogen and oxygen atoms in total. The van der Waals surface area contributed by atoms with E-state index in [1.807, 2.05) is 60.7 Å². The molecule has 0 aromatic heterocycles. The van der Waals surface area contributed by atoms with Gasteiger partial charge in [-0.15, -0.1) is 0 Å². The molecule has 144 valence electrons. The van der Waals surface area contributed by atoms with Crippen molar-refractivity contribution in [1.82, 2.24) is 4.90 Å². The standard InChI is InChI=1S/C21H22N4O3/c22-24-23-18(13-16-7-3-1-4-8-16)11-12-20(26)25-19(15-28-21(25)27)14-17-9-5-2-6-10-17/h1-10,18-19H,11-15H2/t18?,19-/m1/s1. The molecular formula is C21H22N4O3. The molecule has 0 bridgehead atoms. The number of cyclic esters (lactones) is 1. The molecule has 0 aliphatic carbocycles. The van der Waals surface area contributed by atoms with Gasteiger partial charge in [0.25, 0.3) is 0 Å². The summed E-state index contributed by atoms with van der Waals surface area (Å²) in [6, 6.07) is 18.7. The van der Waals surface area contributed by atoms with Gasteiger partial charge in [0.05, 0.1) is 6.04 Å². The lowest BCUT2D eigenvalue weighted by molar-refractivity contribution is -0.129. The molecule has 7 heteroatoms. The van der Waals surface area contributed by atoms with E-state index in [-0.39, 0.29) is 31.0 Å². The summed E-state index contributed by atoms with van der Waals surface area (Å²) < 4.78 is 5.11. The zero-order valence-electron chi connectivity index (χ0n) is 15.5.